The number of aromatic nitrogens is 8. The van der Waals surface area contributed by atoms with Crippen LogP contribution in [0.1, 0.15) is 109 Å². The fourth-order valence-corrected chi connectivity index (χ4v) is 11.6. The Kier molecular flexibility index (Phi) is 11.2. The van der Waals surface area contributed by atoms with Crippen molar-refractivity contribution in [1.29, 1.82) is 0 Å². The second-order valence-corrected chi connectivity index (χ2v) is 20.3. The van der Waals surface area contributed by atoms with Crippen molar-refractivity contribution >= 4 is 63.5 Å². The molecule has 3 N–H and O–H groups in total. The van der Waals surface area contributed by atoms with Crippen molar-refractivity contribution in [3.05, 3.63) is 83.7 Å². The number of H-pyrrole nitrogens is 1. The highest BCUT2D eigenvalue weighted by Gasteiger charge is 2.77. The summed E-state index contributed by atoms with van der Waals surface area (Å²) in [6, 6.07) is 18.4. The fraction of sp³-hybridized carbons (Fsp3) is 0.510. The predicted octanol–water partition coefficient (Wildman–Crippen LogP) is 8.45. The molecule has 71 heavy (non-hydrogen) atoms. The van der Waals surface area contributed by atoms with Crippen molar-refractivity contribution in [1.82, 2.24) is 39.0 Å². The molecule has 4 aromatic heterocycles. The van der Waals surface area contributed by atoms with Crippen molar-refractivity contribution in [3.63, 3.8) is 0 Å². The lowest BCUT2D eigenvalue weighted by Gasteiger charge is -2.38. The molecule has 8 heterocycles. The Morgan fingerprint density at radius 2 is 1.20 bits per heavy atom. The minimum Gasteiger partial charge on any atom is -0.388 e. The number of nitrogens with one attached hydrogen (secondary N) is 3. The highest BCUT2D eigenvalue weighted by atomic mass is 16.7. The first-order chi connectivity index (χ1) is 34.1. The highest BCUT2D eigenvalue weighted by Crippen LogP contribution is 2.69. The summed E-state index contributed by atoms with van der Waals surface area (Å²) in [5, 5.41) is 5.40. The van der Waals surface area contributed by atoms with Crippen LogP contribution in [0.4, 0.5) is 28.1 Å². The normalized spacial score (nSPS) is 27.9. The number of hydrogen-bond acceptors (Lipinski definition) is 14. The number of rotatable bonds is 11. The summed E-state index contributed by atoms with van der Waals surface area (Å²) in [6.07, 6.45) is 7.05. The molecular weight excluding hydrogens is 911 g/mol. The summed E-state index contributed by atoms with van der Waals surface area (Å²) in [5.74, 6) is -0.588. The molecule has 6 aromatic rings. The molecule has 6 fully saturated rings. The second-order valence-electron chi connectivity index (χ2n) is 20.3. The summed E-state index contributed by atoms with van der Waals surface area (Å²) < 4.78 is 36.0. The van der Waals surface area contributed by atoms with Gasteiger partial charge in [-0.25, -0.2) is 19.7 Å². The molecule has 0 radical (unpaired) electrons. The van der Waals surface area contributed by atoms with Gasteiger partial charge in [0.05, 0.1) is 35.2 Å². The van der Waals surface area contributed by atoms with E-state index in [1.54, 1.807) is 49.5 Å². The first kappa shape index (κ1) is 46.8. The fourth-order valence-electron chi connectivity index (χ4n) is 11.6. The van der Waals surface area contributed by atoms with Crippen LogP contribution in [0.25, 0.3) is 22.3 Å². The molecule has 3 amide bonds. The van der Waals surface area contributed by atoms with Crippen LogP contribution in [-0.4, -0.2) is 91.6 Å². The molecule has 4 bridgehead atoms. The van der Waals surface area contributed by atoms with Crippen LogP contribution in [-0.2, 0) is 28.5 Å². The van der Waals surface area contributed by atoms with E-state index in [4.69, 9.17) is 23.7 Å². The van der Waals surface area contributed by atoms with E-state index in [-0.39, 0.29) is 102 Å². The number of anilines is 4. The van der Waals surface area contributed by atoms with Crippen LogP contribution in [0.3, 0.4) is 0 Å². The maximum Gasteiger partial charge on any atom is 0.425 e. The van der Waals surface area contributed by atoms with Gasteiger partial charge in [-0.05, 0) is 62.8 Å². The Bertz CT molecular complexity index is 3090. The van der Waals surface area contributed by atoms with Crippen LogP contribution < -0.4 is 25.8 Å². The Balaban J connectivity index is 0.000000190. The van der Waals surface area contributed by atoms with Crippen LogP contribution in [0.5, 0.6) is 5.88 Å². The van der Waals surface area contributed by atoms with Gasteiger partial charge < -0.3 is 23.7 Å². The number of hydrogen-bond donors (Lipinski definition) is 3. The molecule has 2 unspecified atom stereocenters. The summed E-state index contributed by atoms with van der Waals surface area (Å²) in [5.41, 5.74) is 0.991. The van der Waals surface area contributed by atoms with Crippen molar-refractivity contribution in [2.45, 2.75) is 141 Å². The molecule has 2 aliphatic carbocycles. The Morgan fingerprint density at radius 3 is 1.68 bits per heavy atom. The number of para-hydroxylation sites is 2. The number of imidazole rings is 2. The van der Waals surface area contributed by atoms with Gasteiger partial charge in [0.2, 0.25) is 23.7 Å². The SMILES string of the molecule is CC[C@]12O[C@@H](n3cnc4c(=O)[nH]c(NC(=O)C(C)C)nc43)[C@@H](OC13CC3)C2C.CC[C@]12O[C@@H](n3cnc4c(OC(=O)N(c5ccccc5)c5ccccc5)nc(NC(=O)C(C)C)nc43)[C@@H](OC13CC3)C2C.[HH].[HH]. The molecule has 376 valence electrons. The van der Waals surface area contributed by atoms with Gasteiger partial charge in [-0.15, -0.1) is 0 Å². The Labute approximate surface area is 412 Å². The first-order valence-electron chi connectivity index (χ1n) is 24.7. The smallest absolute Gasteiger partial charge is 0.388 e. The molecule has 6 aliphatic rings. The average molecular weight is 974 g/mol. The summed E-state index contributed by atoms with van der Waals surface area (Å²) in [7, 11) is 0. The lowest BCUT2D eigenvalue weighted by Crippen LogP contribution is -2.46. The van der Waals surface area contributed by atoms with Gasteiger partial charge in [0.1, 0.15) is 23.4 Å². The van der Waals surface area contributed by atoms with E-state index < -0.39 is 24.1 Å². The molecule has 12 rings (SSSR count). The molecule has 4 saturated heterocycles. The minimum atomic E-state index is -0.693. The third kappa shape index (κ3) is 7.26. The van der Waals surface area contributed by atoms with Gasteiger partial charge in [0.15, 0.2) is 34.8 Å². The molecule has 4 aliphatic heterocycles. The van der Waals surface area contributed by atoms with E-state index in [1.807, 2.05) is 60.7 Å². The number of fused-ring (bicyclic) bond motifs is 8. The Hall–Kier alpha value is -6.61. The molecular formula is C51H63N11O9. The number of aromatic amines is 1. The topological polar surface area (TPSA) is 232 Å². The van der Waals surface area contributed by atoms with Crippen LogP contribution in [0.15, 0.2) is 78.1 Å². The van der Waals surface area contributed by atoms with Crippen molar-refractivity contribution in [2.24, 2.45) is 23.7 Å². The second kappa shape index (κ2) is 17.0. The van der Waals surface area contributed by atoms with E-state index in [9.17, 15) is 19.2 Å². The van der Waals surface area contributed by atoms with E-state index >= 15 is 0 Å². The van der Waals surface area contributed by atoms with Crippen LogP contribution in [0.2, 0.25) is 0 Å². The minimum absolute atomic E-state index is 0. The van der Waals surface area contributed by atoms with Gasteiger partial charge in [0.25, 0.3) is 11.4 Å². The van der Waals surface area contributed by atoms with Gasteiger partial charge >= 0.3 is 6.09 Å². The highest BCUT2D eigenvalue weighted by molar-refractivity contribution is 5.98. The molecule has 2 aromatic carbocycles. The van der Waals surface area contributed by atoms with Crippen molar-refractivity contribution in [3.8, 4) is 5.88 Å². The molecule has 20 nitrogen and oxygen atoms in total. The maximum absolute atomic E-state index is 13.8. The van der Waals surface area contributed by atoms with E-state index in [0.29, 0.717) is 22.7 Å². The number of benzene rings is 2. The number of carbonyl (C=O) groups is 3. The average Bonchev–Trinajstić information content (AvgIpc) is 4.05. The predicted molar refractivity (Wildman–Crippen MR) is 264 cm³/mol. The molecule has 2 saturated carbocycles. The monoisotopic (exact) mass is 973 g/mol. The van der Waals surface area contributed by atoms with Crippen molar-refractivity contribution in [2.75, 3.05) is 15.5 Å². The number of ether oxygens (including phenoxy) is 5. The zero-order chi connectivity index (χ0) is 49.8. The van der Waals surface area contributed by atoms with Crippen LogP contribution >= 0.6 is 0 Å². The Morgan fingerprint density at radius 1 is 0.718 bits per heavy atom. The lowest BCUT2D eigenvalue weighted by molar-refractivity contribution is -0.223. The summed E-state index contributed by atoms with van der Waals surface area (Å²) >= 11 is 0. The maximum atomic E-state index is 13.8. The molecule has 2 spiro atoms. The summed E-state index contributed by atoms with van der Waals surface area (Å²) in [6.45, 7) is 15.7. The summed E-state index contributed by atoms with van der Waals surface area (Å²) in [4.78, 5) is 77.4. The third-order valence-corrected chi connectivity index (χ3v) is 15.7. The van der Waals surface area contributed by atoms with E-state index in [0.717, 1.165) is 38.5 Å². The van der Waals surface area contributed by atoms with E-state index in [2.05, 4.69) is 68.2 Å². The quantitative estimate of drug-likeness (QED) is 0.111. The number of amides is 3. The first-order valence-corrected chi connectivity index (χ1v) is 24.7. The van der Waals surface area contributed by atoms with Crippen LogP contribution in [0, 0.1) is 23.7 Å². The van der Waals surface area contributed by atoms with E-state index in [1.165, 1.54) is 4.90 Å². The third-order valence-electron chi connectivity index (χ3n) is 15.7. The zero-order valence-corrected chi connectivity index (χ0v) is 41.0. The number of nitrogens with zero attached hydrogens (tertiary/aromatic N) is 8. The van der Waals surface area contributed by atoms with Crippen molar-refractivity contribution < 1.29 is 40.9 Å². The standard InChI is InChI=1S/C32H34N6O5.C19H25N5O4.2H2/c1-5-32-20(4)24(42-31(32)16-17-31)28(43-32)37-18-33-23-25(37)34-29(35-26(39)19(2)3)36-27(23)41-30(40)38(21-12-8-6-9-13-21)22-14-10-7-11-15-22;1-5-19-10(4)12(27-18(19)6-7-18)16(28-19)24-8-20-11-13(24)21-17(23-15(11)26)22-14(25)9(2)3;;/h6-15,18-20,24,28H,5,16-17H2,1-4H3,(H,34,35,36,39);8-10,12,16H,5-7H2,1-4H3,(H2,21,22,23,25,26);2*1H/t20?,24-,28+,32+;10?,12-,16+,19+;;/m00../s1. The number of carbonyl (C=O) groups excluding carboxylic acids is 3. The zero-order valence-electron chi connectivity index (χ0n) is 41.0. The van der Waals surface area contributed by atoms with Gasteiger partial charge in [-0.3, -0.25) is 39.1 Å². The molecule has 8 atom stereocenters. The van der Waals surface area contributed by atoms with Gasteiger partial charge in [-0.2, -0.15) is 15.0 Å². The largest absolute Gasteiger partial charge is 0.425 e. The molecule has 20 heteroatoms. The van der Waals surface area contributed by atoms with Gasteiger partial charge in [0, 0.05) is 26.5 Å². The van der Waals surface area contributed by atoms with Gasteiger partial charge in [-0.1, -0.05) is 91.8 Å². The lowest BCUT2D eigenvalue weighted by atomic mass is 9.82.